The average Bonchev–Trinajstić information content (AvgIpc) is 2.96. The van der Waals surface area contributed by atoms with E-state index in [4.69, 9.17) is 0 Å². The first kappa shape index (κ1) is 15.6. The van der Waals surface area contributed by atoms with Gasteiger partial charge in [-0.3, -0.25) is 4.68 Å². The summed E-state index contributed by atoms with van der Waals surface area (Å²) in [6.45, 7) is 11.2. The molecular weight excluding hydrogens is 246 g/mol. The zero-order chi connectivity index (χ0) is 14.8. The zero-order valence-corrected chi connectivity index (χ0v) is 13.9. The first-order chi connectivity index (χ1) is 9.36. The molecule has 0 spiro atoms. The molecule has 1 N–H and O–H groups in total. The molecule has 1 aliphatic carbocycles. The topological polar surface area (TPSA) is 29.9 Å². The van der Waals surface area contributed by atoms with Crippen LogP contribution in [-0.2, 0) is 19.0 Å². The molecule has 0 aromatic carbocycles. The van der Waals surface area contributed by atoms with Gasteiger partial charge in [0.15, 0.2) is 0 Å². The Labute approximate surface area is 124 Å². The highest BCUT2D eigenvalue weighted by Crippen LogP contribution is 2.40. The molecule has 114 valence electrons. The number of hydrogen-bond acceptors (Lipinski definition) is 2. The molecule has 0 unspecified atom stereocenters. The van der Waals surface area contributed by atoms with Crippen molar-refractivity contribution in [3.63, 3.8) is 0 Å². The maximum absolute atomic E-state index is 4.65. The highest BCUT2D eigenvalue weighted by molar-refractivity contribution is 5.23. The van der Waals surface area contributed by atoms with Crippen molar-refractivity contribution in [3.05, 3.63) is 17.5 Å². The summed E-state index contributed by atoms with van der Waals surface area (Å²) in [7, 11) is 2.02. The largest absolute Gasteiger partial charge is 0.312 e. The van der Waals surface area contributed by atoms with E-state index in [-0.39, 0.29) is 5.41 Å². The summed E-state index contributed by atoms with van der Waals surface area (Å²) in [4.78, 5) is 0. The summed E-state index contributed by atoms with van der Waals surface area (Å²) < 4.78 is 1.95. The van der Waals surface area contributed by atoms with Crippen molar-refractivity contribution in [2.45, 2.75) is 71.8 Å². The van der Waals surface area contributed by atoms with Crippen molar-refractivity contribution >= 4 is 0 Å². The Bertz CT molecular complexity index is 434. The van der Waals surface area contributed by atoms with E-state index in [0.29, 0.717) is 5.41 Å². The van der Waals surface area contributed by atoms with Crippen LogP contribution in [0.15, 0.2) is 6.20 Å². The van der Waals surface area contributed by atoms with Crippen LogP contribution in [0.3, 0.4) is 0 Å². The van der Waals surface area contributed by atoms with Gasteiger partial charge in [0.05, 0.1) is 5.69 Å². The lowest BCUT2D eigenvalue weighted by Crippen LogP contribution is -2.31. The number of aryl methyl sites for hydroxylation is 1. The Morgan fingerprint density at radius 3 is 2.50 bits per heavy atom. The minimum absolute atomic E-state index is 0.119. The van der Waals surface area contributed by atoms with Crippen LogP contribution in [0.1, 0.15) is 71.1 Å². The Hall–Kier alpha value is -0.830. The quantitative estimate of drug-likeness (QED) is 0.887. The lowest BCUT2D eigenvalue weighted by molar-refractivity contribution is 0.268. The molecule has 0 amide bonds. The van der Waals surface area contributed by atoms with Crippen molar-refractivity contribution in [3.8, 4) is 0 Å². The predicted octanol–water partition coefficient (Wildman–Crippen LogP) is 3.78. The lowest BCUT2D eigenvalue weighted by atomic mass is 9.83. The predicted molar refractivity (Wildman–Crippen MR) is 84.8 cm³/mol. The number of aromatic nitrogens is 2. The van der Waals surface area contributed by atoms with Crippen LogP contribution in [0.4, 0.5) is 0 Å². The summed E-state index contributed by atoms with van der Waals surface area (Å²) in [5, 5.41) is 8.35. The maximum atomic E-state index is 4.65. The second kappa shape index (κ2) is 5.88. The van der Waals surface area contributed by atoms with Gasteiger partial charge in [-0.25, -0.2) is 0 Å². The molecule has 1 aromatic rings. The van der Waals surface area contributed by atoms with Crippen LogP contribution >= 0.6 is 0 Å². The molecule has 1 fully saturated rings. The Kier molecular flexibility index (Phi) is 4.58. The molecule has 2 rings (SSSR count). The van der Waals surface area contributed by atoms with E-state index >= 15 is 0 Å². The third-order valence-electron chi connectivity index (χ3n) is 4.84. The van der Waals surface area contributed by atoms with Crippen LogP contribution in [0.2, 0.25) is 0 Å². The average molecular weight is 277 g/mol. The van der Waals surface area contributed by atoms with Crippen molar-refractivity contribution in [2.24, 2.45) is 12.5 Å². The molecule has 3 heteroatoms. The Morgan fingerprint density at radius 2 is 1.95 bits per heavy atom. The number of rotatable bonds is 5. The van der Waals surface area contributed by atoms with Gasteiger partial charge in [0.1, 0.15) is 0 Å². The summed E-state index contributed by atoms with van der Waals surface area (Å²) in [6, 6.07) is 0. The normalized spacial score (nSPS) is 18.6. The van der Waals surface area contributed by atoms with Crippen molar-refractivity contribution in [2.75, 3.05) is 6.54 Å². The van der Waals surface area contributed by atoms with Crippen LogP contribution < -0.4 is 5.32 Å². The van der Waals surface area contributed by atoms with E-state index in [2.05, 4.69) is 44.3 Å². The van der Waals surface area contributed by atoms with Gasteiger partial charge in [-0.05, 0) is 24.7 Å². The van der Waals surface area contributed by atoms with Crippen molar-refractivity contribution in [1.82, 2.24) is 15.1 Å². The summed E-state index contributed by atoms with van der Waals surface area (Å²) >= 11 is 0. The monoisotopic (exact) mass is 277 g/mol. The first-order valence-electron chi connectivity index (χ1n) is 8.10. The van der Waals surface area contributed by atoms with Crippen LogP contribution in [0.5, 0.6) is 0 Å². The molecule has 20 heavy (non-hydrogen) atoms. The molecule has 0 saturated heterocycles. The fourth-order valence-electron chi connectivity index (χ4n) is 3.54. The van der Waals surface area contributed by atoms with Crippen molar-refractivity contribution in [1.29, 1.82) is 0 Å². The van der Waals surface area contributed by atoms with Gasteiger partial charge in [-0.15, -0.1) is 0 Å². The Balaban J connectivity index is 1.97. The molecule has 0 aliphatic heterocycles. The Morgan fingerprint density at radius 1 is 1.30 bits per heavy atom. The van der Waals surface area contributed by atoms with Gasteiger partial charge < -0.3 is 5.32 Å². The van der Waals surface area contributed by atoms with Crippen LogP contribution in [0.25, 0.3) is 0 Å². The number of hydrogen-bond donors (Lipinski definition) is 1. The fraction of sp³-hybridized carbons (Fsp3) is 0.824. The van der Waals surface area contributed by atoms with E-state index in [1.54, 1.807) is 0 Å². The zero-order valence-electron chi connectivity index (χ0n) is 13.9. The molecule has 0 atom stereocenters. The first-order valence-corrected chi connectivity index (χ1v) is 8.10. The lowest BCUT2D eigenvalue weighted by Gasteiger charge is -2.28. The molecule has 3 nitrogen and oxygen atoms in total. The van der Waals surface area contributed by atoms with E-state index in [1.807, 2.05) is 11.7 Å². The molecular formula is C17H31N3. The SMILES string of the molecule is CCC1(CNCc2cn(C)nc2C(C)(C)C)CCCC1. The van der Waals surface area contributed by atoms with E-state index in [0.717, 1.165) is 13.1 Å². The smallest absolute Gasteiger partial charge is 0.0722 e. The van der Waals surface area contributed by atoms with Crippen LogP contribution in [-0.4, -0.2) is 16.3 Å². The second-order valence-corrected chi connectivity index (χ2v) is 7.59. The summed E-state index contributed by atoms with van der Waals surface area (Å²) in [6.07, 6.45) is 9.09. The van der Waals surface area contributed by atoms with Crippen LogP contribution in [0, 0.1) is 5.41 Å². The molecule has 0 bridgehead atoms. The highest BCUT2D eigenvalue weighted by Gasteiger charge is 2.31. The van der Waals surface area contributed by atoms with Gasteiger partial charge in [-0.2, -0.15) is 5.10 Å². The summed E-state index contributed by atoms with van der Waals surface area (Å²) in [5.74, 6) is 0. The molecule has 1 heterocycles. The van der Waals surface area contributed by atoms with Gasteiger partial charge in [0.2, 0.25) is 0 Å². The van der Waals surface area contributed by atoms with E-state index in [9.17, 15) is 0 Å². The maximum Gasteiger partial charge on any atom is 0.0722 e. The molecule has 1 saturated carbocycles. The molecule has 1 aliphatic rings. The standard InChI is InChI=1S/C17H31N3/c1-6-17(9-7-8-10-17)13-18-11-14-12-20(5)19-15(14)16(2,3)4/h12,18H,6-11,13H2,1-5H3. The van der Waals surface area contributed by atoms with Crippen molar-refractivity contribution < 1.29 is 0 Å². The van der Waals surface area contributed by atoms with E-state index < -0.39 is 0 Å². The summed E-state index contributed by atoms with van der Waals surface area (Å²) in [5.41, 5.74) is 3.26. The minimum Gasteiger partial charge on any atom is -0.312 e. The minimum atomic E-state index is 0.119. The number of nitrogens with zero attached hydrogens (tertiary/aromatic N) is 2. The van der Waals surface area contributed by atoms with E-state index in [1.165, 1.54) is 43.4 Å². The molecule has 0 radical (unpaired) electrons. The highest BCUT2D eigenvalue weighted by atomic mass is 15.3. The fourth-order valence-corrected chi connectivity index (χ4v) is 3.54. The van der Waals surface area contributed by atoms with Gasteiger partial charge >= 0.3 is 0 Å². The number of nitrogens with one attached hydrogen (secondary N) is 1. The van der Waals surface area contributed by atoms with Gasteiger partial charge in [0, 0.05) is 37.3 Å². The van der Waals surface area contributed by atoms with Gasteiger partial charge in [0.25, 0.3) is 0 Å². The molecule has 1 aromatic heterocycles. The van der Waals surface area contributed by atoms with Gasteiger partial charge in [-0.1, -0.05) is 40.5 Å². The third kappa shape index (κ3) is 3.43. The third-order valence-corrected chi connectivity index (χ3v) is 4.84. The second-order valence-electron chi connectivity index (χ2n) is 7.59.